The summed E-state index contributed by atoms with van der Waals surface area (Å²) in [6.07, 6.45) is 9.15. The zero-order valence-electron chi connectivity index (χ0n) is 18.1. The van der Waals surface area contributed by atoms with Crippen LogP contribution in [-0.4, -0.2) is 49.9 Å². The third-order valence-electron chi connectivity index (χ3n) is 6.48. The van der Waals surface area contributed by atoms with Crippen LogP contribution in [-0.2, 0) is 19.7 Å². The summed E-state index contributed by atoms with van der Waals surface area (Å²) in [5.41, 5.74) is 0.337. The number of anilines is 2. The second-order valence-corrected chi connectivity index (χ2v) is 11.4. The number of sulfonamides is 1. The van der Waals surface area contributed by atoms with Crippen molar-refractivity contribution in [2.45, 2.75) is 68.0 Å². The van der Waals surface area contributed by atoms with Gasteiger partial charge in [-0.3, -0.25) is 9.69 Å². The number of carbonyl (C=O) groups excluding carboxylic acids is 1. The number of nitrogens with one attached hydrogen (secondary N) is 1. The van der Waals surface area contributed by atoms with E-state index in [9.17, 15) is 13.2 Å². The predicted octanol–water partition coefficient (Wildman–Crippen LogP) is 4.43. The Bertz CT molecular complexity index is 1080. The first-order valence-corrected chi connectivity index (χ1v) is 13.6. The molecule has 2 fully saturated rings. The first-order valence-electron chi connectivity index (χ1n) is 10.9. The van der Waals surface area contributed by atoms with Crippen molar-refractivity contribution in [1.82, 2.24) is 9.88 Å². The average Bonchev–Trinajstić information content (AvgIpc) is 3.27. The van der Waals surface area contributed by atoms with Crippen molar-refractivity contribution in [3.63, 3.8) is 0 Å². The lowest BCUT2D eigenvalue weighted by Crippen LogP contribution is -2.52. The lowest BCUT2D eigenvalue weighted by atomic mass is 9.84. The number of hydrogen-bond acceptors (Lipinski definition) is 8. The van der Waals surface area contributed by atoms with Crippen LogP contribution in [0.15, 0.2) is 28.6 Å². The van der Waals surface area contributed by atoms with Crippen molar-refractivity contribution in [1.29, 1.82) is 0 Å². The number of halogens is 2. The molecule has 2 atom stereocenters. The van der Waals surface area contributed by atoms with Crippen molar-refractivity contribution in [3.05, 3.63) is 34.5 Å². The van der Waals surface area contributed by atoms with Crippen LogP contribution in [0, 0.1) is 5.82 Å². The van der Waals surface area contributed by atoms with Crippen LogP contribution in [0.25, 0.3) is 0 Å². The standard InChI is InChI=1S/C21H26ClFN4O4S2/c1-26(14-5-4-6-14)19-8-3-2-7-17(19)25-18-12-16(23)20(11-15(18)22)33(29,30)27(31-13-28)21-24-9-10-32-21/h9-14,17,19,25H,2-8H2,1H3/t17-,19-/m0/s1. The second-order valence-electron chi connectivity index (χ2n) is 8.36. The molecular weight excluding hydrogens is 491 g/mol. The van der Waals surface area contributed by atoms with E-state index < -0.39 is 20.7 Å². The number of benzene rings is 1. The van der Waals surface area contributed by atoms with E-state index >= 15 is 4.39 Å². The fourth-order valence-electron chi connectivity index (χ4n) is 4.51. The molecule has 180 valence electrons. The number of thiazole rings is 1. The predicted molar refractivity (Wildman–Crippen MR) is 125 cm³/mol. The van der Waals surface area contributed by atoms with Gasteiger partial charge in [0.25, 0.3) is 0 Å². The van der Waals surface area contributed by atoms with Crippen molar-refractivity contribution in [3.8, 4) is 0 Å². The van der Waals surface area contributed by atoms with E-state index in [0.29, 0.717) is 17.8 Å². The fourth-order valence-corrected chi connectivity index (χ4v) is 6.86. The van der Waals surface area contributed by atoms with Crippen LogP contribution in [0.5, 0.6) is 0 Å². The first kappa shape index (κ1) is 24.2. The van der Waals surface area contributed by atoms with Gasteiger partial charge in [0.1, 0.15) is 10.7 Å². The molecular formula is C21H26ClFN4O4S2. The molecule has 8 nitrogen and oxygen atoms in total. The molecule has 1 heterocycles. The molecule has 2 saturated carbocycles. The van der Waals surface area contributed by atoms with Crippen molar-refractivity contribution in [2.75, 3.05) is 16.8 Å². The van der Waals surface area contributed by atoms with Crippen molar-refractivity contribution < 1.29 is 22.4 Å². The topological polar surface area (TPSA) is 91.8 Å². The van der Waals surface area contributed by atoms with Gasteiger partial charge in [-0.15, -0.1) is 11.3 Å². The second kappa shape index (κ2) is 10.1. The van der Waals surface area contributed by atoms with Gasteiger partial charge in [-0.1, -0.05) is 35.3 Å². The highest BCUT2D eigenvalue weighted by Gasteiger charge is 2.36. The van der Waals surface area contributed by atoms with Gasteiger partial charge < -0.3 is 10.2 Å². The maximum Gasteiger partial charge on any atom is 0.322 e. The van der Waals surface area contributed by atoms with Crippen LogP contribution in [0.2, 0.25) is 5.02 Å². The van der Waals surface area contributed by atoms with Gasteiger partial charge in [-0.05, 0) is 44.9 Å². The summed E-state index contributed by atoms with van der Waals surface area (Å²) in [6.45, 7) is -0.0593. The van der Waals surface area contributed by atoms with Gasteiger partial charge in [0, 0.05) is 29.7 Å². The molecule has 0 amide bonds. The molecule has 2 aliphatic rings. The van der Waals surface area contributed by atoms with Gasteiger partial charge in [-0.2, -0.15) is 8.42 Å². The summed E-state index contributed by atoms with van der Waals surface area (Å²) in [4.78, 5) is 21.1. The van der Waals surface area contributed by atoms with Crippen LogP contribution in [0.1, 0.15) is 44.9 Å². The Kier molecular flexibility index (Phi) is 7.42. The van der Waals surface area contributed by atoms with E-state index in [1.54, 1.807) is 0 Å². The van der Waals surface area contributed by atoms with E-state index in [2.05, 4.69) is 27.1 Å². The van der Waals surface area contributed by atoms with Crippen LogP contribution in [0.4, 0.5) is 15.2 Å². The highest BCUT2D eigenvalue weighted by molar-refractivity contribution is 7.92. The van der Waals surface area contributed by atoms with Gasteiger partial charge in [0.2, 0.25) is 5.13 Å². The molecule has 0 bridgehead atoms. The highest BCUT2D eigenvalue weighted by Crippen LogP contribution is 2.36. The van der Waals surface area contributed by atoms with E-state index in [1.807, 2.05) is 0 Å². The molecule has 0 spiro atoms. The van der Waals surface area contributed by atoms with Crippen molar-refractivity contribution >= 4 is 50.3 Å². The summed E-state index contributed by atoms with van der Waals surface area (Å²) in [5, 5.41) is 4.80. The maximum absolute atomic E-state index is 15.1. The summed E-state index contributed by atoms with van der Waals surface area (Å²) in [7, 11) is -2.44. The first-order chi connectivity index (χ1) is 15.8. The fraction of sp³-hybridized carbons (Fsp3) is 0.524. The molecule has 1 aromatic heterocycles. The Labute approximate surface area is 201 Å². The van der Waals surface area contributed by atoms with E-state index in [-0.39, 0.29) is 27.1 Å². The number of aromatic nitrogens is 1. The SMILES string of the molecule is CN(C1CCC1)[C@H]1CCCC[C@@H]1Nc1cc(F)c(S(=O)(=O)N(OC=O)c2nccs2)cc1Cl. The maximum atomic E-state index is 15.1. The number of carbonyl (C=O) groups is 1. The number of rotatable bonds is 9. The molecule has 0 unspecified atom stereocenters. The molecule has 2 aliphatic carbocycles. The van der Waals surface area contributed by atoms with E-state index in [4.69, 9.17) is 11.6 Å². The van der Waals surface area contributed by atoms with E-state index in [0.717, 1.165) is 49.2 Å². The molecule has 1 N–H and O–H groups in total. The smallest absolute Gasteiger partial charge is 0.322 e. The third kappa shape index (κ3) is 4.96. The quantitative estimate of drug-likeness (QED) is 0.389. The Morgan fingerprint density at radius 2 is 2.00 bits per heavy atom. The Morgan fingerprint density at radius 1 is 1.24 bits per heavy atom. The molecule has 4 rings (SSSR count). The van der Waals surface area contributed by atoms with Crippen LogP contribution in [0.3, 0.4) is 0 Å². The lowest BCUT2D eigenvalue weighted by Gasteiger charge is -2.45. The summed E-state index contributed by atoms with van der Waals surface area (Å²) in [6, 6.07) is 3.08. The van der Waals surface area contributed by atoms with Crippen LogP contribution < -0.4 is 9.79 Å². The minimum absolute atomic E-state index is 0.0593. The minimum atomic E-state index is -4.59. The normalized spacial score (nSPS) is 21.5. The van der Waals surface area contributed by atoms with Gasteiger partial charge >= 0.3 is 16.5 Å². The largest absolute Gasteiger partial charge is 0.379 e. The van der Waals surface area contributed by atoms with E-state index in [1.165, 1.54) is 30.8 Å². The molecule has 0 aliphatic heterocycles. The lowest BCUT2D eigenvalue weighted by molar-refractivity contribution is -0.128. The molecule has 2 aromatic rings. The Balaban J connectivity index is 1.59. The molecule has 12 heteroatoms. The molecule has 0 radical (unpaired) electrons. The Morgan fingerprint density at radius 3 is 2.64 bits per heavy atom. The van der Waals surface area contributed by atoms with Gasteiger partial charge in [0.05, 0.1) is 10.7 Å². The number of nitrogens with zero attached hydrogens (tertiary/aromatic N) is 3. The summed E-state index contributed by atoms with van der Waals surface area (Å²) < 4.78 is 41.5. The number of likely N-dealkylation sites (N-methyl/N-ethyl adjacent to an activating group) is 1. The average molecular weight is 517 g/mol. The number of hydrogen-bond donors (Lipinski definition) is 1. The minimum Gasteiger partial charge on any atom is -0.379 e. The zero-order valence-corrected chi connectivity index (χ0v) is 20.5. The van der Waals surface area contributed by atoms with Crippen LogP contribution >= 0.6 is 22.9 Å². The summed E-state index contributed by atoms with van der Waals surface area (Å²) >= 11 is 7.33. The van der Waals surface area contributed by atoms with Gasteiger partial charge in [-0.25, -0.2) is 9.37 Å². The highest BCUT2D eigenvalue weighted by atomic mass is 35.5. The third-order valence-corrected chi connectivity index (χ3v) is 9.21. The molecule has 33 heavy (non-hydrogen) atoms. The van der Waals surface area contributed by atoms with Crippen molar-refractivity contribution in [2.24, 2.45) is 0 Å². The molecule has 0 saturated heterocycles. The van der Waals surface area contributed by atoms with Gasteiger partial charge in [0.15, 0.2) is 0 Å². The monoisotopic (exact) mass is 516 g/mol. The molecule has 1 aromatic carbocycles. The summed E-state index contributed by atoms with van der Waals surface area (Å²) in [5.74, 6) is -1.00. The zero-order chi connectivity index (χ0) is 23.6. The Hall–Kier alpha value is -1.95.